The van der Waals surface area contributed by atoms with Crippen LogP contribution in [0.2, 0.25) is 0 Å². The van der Waals surface area contributed by atoms with E-state index in [1.807, 2.05) is 0 Å². The number of carbonyl (C=O) groups is 1. The highest BCUT2D eigenvalue weighted by Crippen LogP contribution is 2.33. The molecule has 0 spiro atoms. The van der Waals surface area contributed by atoms with E-state index in [0.717, 1.165) is 19.2 Å². The van der Waals surface area contributed by atoms with Crippen LogP contribution >= 0.6 is 0 Å². The van der Waals surface area contributed by atoms with Crippen molar-refractivity contribution in [3.63, 3.8) is 0 Å². The van der Waals surface area contributed by atoms with E-state index in [-0.39, 0.29) is 0 Å². The fourth-order valence-corrected chi connectivity index (χ4v) is 1.38. The molecule has 1 rings (SSSR count). The Morgan fingerprint density at radius 1 is 1.32 bits per heavy atom. The van der Waals surface area contributed by atoms with E-state index >= 15 is 0 Å². The molecule has 0 N–H and O–H groups in total. The monoisotopic (exact) mass is 277 g/mol. The predicted molar refractivity (Wildman–Crippen MR) is 54.1 cm³/mol. The minimum Gasteiger partial charge on any atom is -0.465 e. The van der Waals surface area contributed by atoms with E-state index in [9.17, 15) is 22.4 Å². The highest BCUT2D eigenvalue weighted by atomic mass is 19.3. The van der Waals surface area contributed by atoms with Crippen LogP contribution in [0.4, 0.5) is 17.6 Å². The van der Waals surface area contributed by atoms with Gasteiger partial charge in [-0.15, -0.1) is 0 Å². The number of ether oxygens (including phenoxy) is 2. The SMILES string of the molecule is COC(=O)c1ccc(C(F)F)c(C#N)c1OC(F)F. The molecule has 0 radical (unpaired) electrons. The van der Waals surface area contributed by atoms with Crippen LogP contribution in [0.15, 0.2) is 12.1 Å². The highest BCUT2D eigenvalue weighted by molar-refractivity contribution is 5.93. The summed E-state index contributed by atoms with van der Waals surface area (Å²) < 4.78 is 58.1. The van der Waals surface area contributed by atoms with Crippen molar-refractivity contribution in [2.45, 2.75) is 13.0 Å². The minimum atomic E-state index is -3.37. The van der Waals surface area contributed by atoms with Crippen molar-refractivity contribution in [2.24, 2.45) is 0 Å². The highest BCUT2D eigenvalue weighted by Gasteiger charge is 2.25. The van der Waals surface area contributed by atoms with E-state index < -0.39 is 41.4 Å². The molecular weight excluding hydrogens is 270 g/mol. The molecule has 0 aliphatic heterocycles. The maximum absolute atomic E-state index is 12.6. The fraction of sp³-hybridized carbons (Fsp3) is 0.273. The van der Waals surface area contributed by atoms with Gasteiger partial charge in [-0.05, 0) is 6.07 Å². The summed E-state index contributed by atoms with van der Waals surface area (Å²) >= 11 is 0. The number of esters is 1. The molecule has 1 aromatic rings. The lowest BCUT2D eigenvalue weighted by Gasteiger charge is -2.13. The molecule has 4 nitrogen and oxygen atoms in total. The number of benzene rings is 1. The number of methoxy groups -OCH3 is 1. The molecule has 0 unspecified atom stereocenters. The summed E-state index contributed by atoms with van der Waals surface area (Å²) in [5, 5.41) is 8.78. The Kier molecular flexibility index (Phi) is 4.69. The molecule has 0 atom stereocenters. The van der Waals surface area contributed by atoms with Crippen molar-refractivity contribution < 1.29 is 31.8 Å². The predicted octanol–water partition coefficient (Wildman–Crippen LogP) is 2.88. The van der Waals surface area contributed by atoms with Crippen molar-refractivity contribution in [1.82, 2.24) is 0 Å². The van der Waals surface area contributed by atoms with Crippen LogP contribution in [0.3, 0.4) is 0 Å². The Balaban J connectivity index is 3.51. The first-order valence-corrected chi connectivity index (χ1v) is 4.80. The quantitative estimate of drug-likeness (QED) is 0.627. The van der Waals surface area contributed by atoms with Crippen molar-refractivity contribution in [1.29, 1.82) is 5.26 Å². The Labute approximate surface area is 105 Å². The molecule has 0 saturated carbocycles. The van der Waals surface area contributed by atoms with Crippen LogP contribution < -0.4 is 4.74 Å². The van der Waals surface area contributed by atoms with Gasteiger partial charge in [-0.1, -0.05) is 6.07 Å². The summed E-state index contributed by atoms with van der Waals surface area (Å²) in [6.07, 6.45) is -3.07. The van der Waals surface area contributed by atoms with Crippen molar-refractivity contribution >= 4 is 5.97 Å². The summed E-state index contributed by atoms with van der Waals surface area (Å²) in [6, 6.07) is 2.95. The standard InChI is InChI=1S/C11H7F4NO3/c1-18-10(17)6-3-2-5(9(12)13)7(4-16)8(6)19-11(14)15/h2-3,9,11H,1H3. The van der Waals surface area contributed by atoms with Crippen molar-refractivity contribution in [2.75, 3.05) is 7.11 Å². The molecular formula is C11H7F4NO3. The Morgan fingerprint density at radius 3 is 2.37 bits per heavy atom. The van der Waals surface area contributed by atoms with Gasteiger partial charge in [-0.2, -0.15) is 14.0 Å². The second-order valence-corrected chi connectivity index (χ2v) is 3.19. The van der Waals surface area contributed by atoms with Gasteiger partial charge in [0.05, 0.1) is 7.11 Å². The van der Waals surface area contributed by atoms with Gasteiger partial charge in [0.25, 0.3) is 6.43 Å². The zero-order valence-corrected chi connectivity index (χ0v) is 9.49. The maximum atomic E-state index is 12.6. The minimum absolute atomic E-state index is 0.524. The van der Waals surface area contributed by atoms with Gasteiger partial charge in [0.1, 0.15) is 17.2 Å². The third-order valence-electron chi connectivity index (χ3n) is 2.15. The number of hydrogen-bond donors (Lipinski definition) is 0. The van der Waals surface area contributed by atoms with Gasteiger partial charge >= 0.3 is 12.6 Å². The number of alkyl halides is 4. The second-order valence-electron chi connectivity index (χ2n) is 3.19. The first-order chi connectivity index (χ1) is 8.92. The third-order valence-corrected chi connectivity index (χ3v) is 2.15. The van der Waals surface area contributed by atoms with E-state index in [0.29, 0.717) is 0 Å². The molecule has 0 aromatic heterocycles. The van der Waals surface area contributed by atoms with Crippen molar-refractivity contribution in [3.8, 4) is 11.8 Å². The first-order valence-electron chi connectivity index (χ1n) is 4.80. The summed E-state index contributed by atoms with van der Waals surface area (Å²) in [5.41, 5.74) is -2.15. The van der Waals surface area contributed by atoms with Crippen molar-refractivity contribution in [3.05, 3.63) is 28.8 Å². The number of carbonyl (C=O) groups excluding carboxylic acids is 1. The molecule has 19 heavy (non-hydrogen) atoms. The average molecular weight is 277 g/mol. The van der Waals surface area contributed by atoms with Gasteiger partial charge in [0, 0.05) is 5.56 Å². The molecule has 102 valence electrons. The van der Waals surface area contributed by atoms with E-state index in [1.165, 1.54) is 6.07 Å². The first kappa shape index (κ1) is 14.8. The number of nitrogens with zero attached hydrogens (tertiary/aromatic N) is 1. The lowest BCUT2D eigenvalue weighted by molar-refractivity contribution is -0.0508. The van der Waals surface area contributed by atoms with E-state index in [1.54, 1.807) is 0 Å². The number of nitriles is 1. The van der Waals surface area contributed by atoms with Crippen LogP contribution in [0.25, 0.3) is 0 Å². The van der Waals surface area contributed by atoms with Gasteiger partial charge in [-0.25, -0.2) is 13.6 Å². The Hall–Kier alpha value is -2.30. The van der Waals surface area contributed by atoms with Gasteiger partial charge in [0.2, 0.25) is 0 Å². The third kappa shape index (κ3) is 3.13. The van der Waals surface area contributed by atoms with Gasteiger partial charge in [0.15, 0.2) is 5.75 Å². The van der Waals surface area contributed by atoms with E-state index in [2.05, 4.69) is 9.47 Å². The molecule has 0 bridgehead atoms. The van der Waals surface area contributed by atoms with Crippen LogP contribution in [-0.4, -0.2) is 19.7 Å². The number of rotatable bonds is 4. The Bertz CT molecular complexity index is 525. The zero-order chi connectivity index (χ0) is 14.6. The summed E-state index contributed by atoms with van der Waals surface area (Å²) in [6.45, 7) is -3.37. The molecule has 0 heterocycles. The summed E-state index contributed by atoms with van der Waals surface area (Å²) in [5.74, 6) is -1.99. The van der Waals surface area contributed by atoms with Crippen LogP contribution in [0, 0.1) is 11.3 Å². The lowest BCUT2D eigenvalue weighted by Crippen LogP contribution is -2.12. The van der Waals surface area contributed by atoms with Crippen LogP contribution in [-0.2, 0) is 4.74 Å². The maximum Gasteiger partial charge on any atom is 0.387 e. The molecule has 8 heteroatoms. The molecule has 0 fully saturated rings. The Morgan fingerprint density at radius 2 is 1.95 bits per heavy atom. The fourth-order valence-electron chi connectivity index (χ4n) is 1.38. The smallest absolute Gasteiger partial charge is 0.387 e. The lowest BCUT2D eigenvalue weighted by atomic mass is 10.0. The average Bonchev–Trinajstić information content (AvgIpc) is 2.36. The zero-order valence-electron chi connectivity index (χ0n) is 9.49. The van der Waals surface area contributed by atoms with E-state index in [4.69, 9.17) is 5.26 Å². The van der Waals surface area contributed by atoms with Gasteiger partial charge < -0.3 is 9.47 Å². The number of halogens is 4. The van der Waals surface area contributed by atoms with Crippen LogP contribution in [0.5, 0.6) is 5.75 Å². The normalized spacial score (nSPS) is 10.4. The molecule has 1 aromatic carbocycles. The molecule has 0 amide bonds. The largest absolute Gasteiger partial charge is 0.465 e. The summed E-state index contributed by atoms with van der Waals surface area (Å²) in [4.78, 5) is 11.3. The topological polar surface area (TPSA) is 59.3 Å². The molecule has 0 saturated heterocycles. The number of hydrogen-bond acceptors (Lipinski definition) is 4. The summed E-state index contributed by atoms with van der Waals surface area (Å²) in [7, 11) is 0.974. The van der Waals surface area contributed by atoms with Gasteiger partial charge in [-0.3, -0.25) is 0 Å². The second kappa shape index (κ2) is 6.04. The molecule has 0 aliphatic rings. The van der Waals surface area contributed by atoms with Crippen LogP contribution in [0.1, 0.15) is 27.9 Å². The molecule has 0 aliphatic carbocycles.